The third-order valence-electron chi connectivity index (χ3n) is 2.88. The molecule has 0 spiro atoms. The van der Waals surface area contributed by atoms with Gasteiger partial charge in [-0.1, -0.05) is 0 Å². The Morgan fingerprint density at radius 2 is 2.50 bits per heavy atom. The molecule has 2 heterocycles. The smallest absolute Gasteiger partial charge is 0.0876 e. The zero-order valence-corrected chi connectivity index (χ0v) is 9.19. The quantitative estimate of drug-likeness (QED) is 0.551. The molecule has 14 heavy (non-hydrogen) atoms. The molecule has 2 rings (SSSR count). The Morgan fingerprint density at radius 1 is 1.57 bits per heavy atom. The highest BCUT2D eigenvalue weighted by atomic mass is 32.2. The minimum absolute atomic E-state index is 0.322. The van der Waals surface area contributed by atoms with E-state index in [1.807, 2.05) is 18.0 Å². The highest BCUT2D eigenvalue weighted by Gasteiger charge is 2.28. The first kappa shape index (κ1) is 10.3. The number of hydrazine groups is 1. The Hall–Kier alpha value is -0.190. The lowest BCUT2D eigenvalue weighted by atomic mass is 9.98. The average molecular weight is 214 g/mol. The van der Waals surface area contributed by atoms with E-state index in [1.165, 1.54) is 24.2 Å². The first-order valence-corrected chi connectivity index (χ1v) is 6.35. The summed E-state index contributed by atoms with van der Waals surface area (Å²) in [5.41, 5.74) is 4.29. The van der Waals surface area contributed by atoms with Crippen molar-refractivity contribution in [2.45, 2.75) is 37.0 Å². The molecule has 80 valence electrons. The maximum absolute atomic E-state index is 5.62. The minimum Gasteiger partial charge on any atom is -0.501 e. The predicted octanol–water partition coefficient (Wildman–Crippen LogP) is 1.41. The highest BCUT2D eigenvalue weighted by molar-refractivity contribution is 8.00. The molecule has 0 aliphatic carbocycles. The Labute approximate surface area is 89.4 Å². The lowest BCUT2D eigenvalue weighted by Gasteiger charge is -2.26. The van der Waals surface area contributed by atoms with E-state index in [2.05, 4.69) is 5.43 Å². The molecule has 2 unspecified atom stereocenters. The highest BCUT2D eigenvalue weighted by Crippen LogP contribution is 2.32. The van der Waals surface area contributed by atoms with Gasteiger partial charge in [-0.2, -0.15) is 11.8 Å². The van der Waals surface area contributed by atoms with Crippen LogP contribution < -0.4 is 11.3 Å². The number of thioether (sulfide) groups is 1. The van der Waals surface area contributed by atoms with Crippen molar-refractivity contribution in [1.82, 2.24) is 5.43 Å². The molecule has 0 radical (unpaired) electrons. The largest absolute Gasteiger partial charge is 0.501 e. The Morgan fingerprint density at radius 3 is 3.07 bits per heavy atom. The normalized spacial score (nSPS) is 29.5. The minimum atomic E-state index is 0.322. The maximum Gasteiger partial charge on any atom is 0.0876 e. The number of rotatable bonds is 3. The van der Waals surface area contributed by atoms with Crippen molar-refractivity contribution in [2.75, 3.05) is 12.4 Å². The monoisotopic (exact) mass is 214 g/mol. The van der Waals surface area contributed by atoms with Crippen molar-refractivity contribution in [2.24, 2.45) is 5.84 Å². The van der Waals surface area contributed by atoms with Gasteiger partial charge < -0.3 is 4.74 Å². The van der Waals surface area contributed by atoms with Crippen LogP contribution in [0.15, 0.2) is 11.8 Å². The van der Waals surface area contributed by atoms with Gasteiger partial charge >= 0.3 is 0 Å². The molecular formula is C10H18N2OS. The molecule has 1 saturated heterocycles. The summed E-state index contributed by atoms with van der Waals surface area (Å²) in [6, 6.07) is 0.322. The number of hydrogen-bond donors (Lipinski definition) is 2. The van der Waals surface area contributed by atoms with E-state index in [-0.39, 0.29) is 0 Å². The lowest BCUT2D eigenvalue weighted by Crippen LogP contribution is -2.43. The van der Waals surface area contributed by atoms with Gasteiger partial charge in [0.2, 0.25) is 0 Å². The van der Waals surface area contributed by atoms with E-state index in [9.17, 15) is 0 Å². The zero-order valence-electron chi connectivity index (χ0n) is 8.37. The van der Waals surface area contributed by atoms with Gasteiger partial charge in [-0.3, -0.25) is 11.3 Å². The van der Waals surface area contributed by atoms with Crippen LogP contribution in [0, 0.1) is 0 Å². The lowest BCUT2D eigenvalue weighted by molar-refractivity contribution is 0.219. The molecular weight excluding hydrogens is 196 g/mol. The Kier molecular flexibility index (Phi) is 3.73. The molecule has 2 aliphatic rings. The summed E-state index contributed by atoms with van der Waals surface area (Å²) in [5, 5.41) is 0.646. The van der Waals surface area contributed by atoms with E-state index in [0.717, 1.165) is 19.4 Å². The van der Waals surface area contributed by atoms with Crippen LogP contribution >= 0.6 is 11.8 Å². The summed E-state index contributed by atoms with van der Waals surface area (Å²) in [4.78, 5) is 0. The van der Waals surface area contributed by atoms with Crippen molar-refractivity contribution < 1.29 is 4.74 Å². The predicted molar refractivity (Wildman–Crippen MR) is 59.9 cm³/mol. The molecule has 0 bridgehead atoms. The molecule has 0 saturated carbocycles. The van der Waals surface area contributed by atoms with E-state index >= 15 is 0 Å². The number of nitrogens with one attached hydrogen (secondary N) is 1. The molecule has 0 amide bonds. The van der Waals surface area contributed by atoms with E-state index in [4.69, 9.17) is 10.6 Å². The van der Waals surface area contributed by atoms with Crippen molar-refractivity contribution >= 4 is 11.8 Å². The van der Waals surface area contributed by atoms with Crippen LogP contribution in [0.25, 0.3) is 0 Å². The number of hydrogen-bond acceptors (Lipinski definition) is 4. The van der Waals surface area contributed by atoms with Crippen LogP contribution in [0.1, 0.15) is 25.7 Å². The maximum atomic E-state index is 5.62. The molecule has 0 aromatic heterocycles. The fourth-order valence-corrected chi connectivity index (χ4v) is 3.55. The Bertz CT molecular complexity index is 214. The Balaban J connectivity index is 1.99. The van der Waals surface area contributed by atoms with Crippen molar-refractivity contribution in [3.8, 4) is 0 Å². The average Bonchev–Trinajstić information content (AvgIpc) is 2.74. The van der Waals surface area contributed by atoms with Gasteiger partial charge in [0, 0.05) is 5.25 Å². The summed E-state index contributed by atoms with van der Waals surface area (Å²) < 4.78 is 5.36. The number of ether oxygens (including phenoxy) is 1. The fraction of sp³-hybridized carbons (Fsp3) is 0.800. The summed E-state index contributed by atoms with van der Waals surface area (Å²) in [6.45, 7) is 0.860. The van der Waals surface area contributed by atoms with Gasteiger partial charge in [0.05, 0.1) is 18.9 Å². The van der Waals surface area contributed by atoms with Crippen LogP contribution in [0.2, 0.25) is 0 Å². The second kappa shape index (κ2) is 5.05. The van der Waals surface area contributed by atoms with Crippen LogP contribution in [-0.2, 0) is 4.74 Å². The molecule has 3 N–H and O–H groups in total. The summed E-state index contributed by atoms with van der Waals surface area (Å²) in [6.07, 6.45) is 6.76. The molecule has 0 aromatic rings. The SMILES string of the molecule is NNC(C1=COCCC1)C1CCCS1. The van der Waals surface area contributed by atoms with Crippen molar-refractivity contribution in [3.05, 3.63) is 11.8 Å². The third kappa shape index (κ3) is 2.24. The van der Waals surface area contributed by atoms with Gasteiger partial charge in [0.25, 0.3) is 0 Å². The molecule has 2 aliphatic heterocycles. The van der Waals surface area contributed by atoms with Crippen LogP contribution in [0.3, 0.4) is 0 Å². The van der Waals surface area contributed by atoms with Crippen LogP contribution in [-0.4, -0.2) is 23.7 Å². The van der Waals surface area contributed by atoms with Crippen LogP contribution in [0.5, 0.6) is 0 Å². The second-order valence-electron chi connectivity index (χ2n) is 3.86. The first-order chi connectivity index (χ1) is 6.92. The van der Waals surface area contributed by atoms with Gasteiger partial charge in [0.1, 0.15) is 0 Å². The molecule has 3 nitrogen and oxygen atoms in total. The molecule has 1 fully saturated rings. The van der Waals surface area contributed by atoms with Gasteiger partial charge in [-0.25, -0.2) is 0 Å². The third-order valence-corrected chi connectivity index (χ3v) is 4.34. The molecule has 0 aromatic carbocycles. The fourth-order valence-electron chi connectivity index (χ4n) is 2.13. The topological polar surface area (TPSA) is 47.3 Å². The van der Waals surface area contributed by atoms with Crippen molar-refractivity contribution in [1.29, 1.82) is 0 Å². The van der Waals surface area contributed by atoms with Gasteiger partial charge in [-0.05, 0) is 37.0 Å². The van der Waals surface area contributed by atoms with Gasteiger partial charge in [-0.15, -0.1) is 0 Å². The van der Waals surface area contributed by atoms with Gasteiger partial charge in [0.15, 0.2) is 0 Å². The second-order valence-corrected chi connectivity index (χ2v) is 5.21. The number of nitrogens with two attached hydrogens (primary N) is 1. The van der Waals surface area contributed by atoms with E-state index in [1.54, 1.807) is 0 Å². The zero-order chi connectivity index (χ0) is 9.80. The van der Waals surface area contributed by atoms with Crippen LogP contribution in [0.4, 0.5) is 0 Å². The van der Waals surface area contributed by atoms with E-state index < -0.39 is 0 Å². The standard InChI is InChI=1S/C10H18N2OS/c11-12-10(9-4-2-6-14-9)8-3-1-5-13-7-8/h7,9-10,12H,1-6,11H2. The summed E-state index contributed by atoms with van der Waals surface area (Å²) in [7, 11) is 0. The summed E-state index contributed by atoms with van der Waals surface area (Å²) in [5.74, 6) is 6.90. The first-order valence-electron chi connectivity index (χ1n) is 5.30. The molecule has 2 atom stereocenters. The molecule has 4 heteroatoms. The summed E-state index contributed by atoms with van der Waals surface area (Å²) >= 11 is 2.03. The van der Waals surface area contributed by atoms with Crippen molar-refractivity contribution in [3.63, 3.8) is 0 Å². The van der Waals surface area contributed by atoms with E-state index in [0.29, 0.717) is 11.3 Å².